The van der Waals surface area contributed by atoms with E-state index in [2.05, 4.69) is 31.9 Å². The zero-order valence-corrected chi connectivity index (χ0v) is 20.3. The second-order valence-corrected chi connectivity index (χ2v) is 9.39. The molecule has 32 heavy (non-hydrogen) atoms. The van der Waals surface area contributed by atoms with Crippen molar-refractivity contribution in [2.75, 3.05) is 6.79 Å². The van der Waals surface area contributed by atoms with Crippen molar-refractivity contribution in [3.8, 4) is 17.2 Å². The summed E-state index contributed by atoms with van der Waals surface area (Å²) in [6.45, 7) is 2.93. The maximum atomic E-state index is 12.9. The van der Waals surface area contributed by atoms with Crippen molar-refractivity contribution in [2.24, 2.45) is 0 Å². The van der Waals surface area contributed by atoms with E-state index in [1.807, 2.05) is 49.4 Å². The summed E-state index contributed by atoms with van der Waals surface area (Å²) in [4.78, 5) is 12.9. The van der Waals surface area contributed by atoms with Gasteiger partial charge in [0.25, 0.3) is 0 Å². The second kappa shape index (κ2) is 8.73. The average Bonchev–Trinajstić information content (AvgIpc) is 3.07. The number of aryl methyl sites for hydroxylation is 1. The summed E-state index contributed by atoms with van der Waals surface area (Å²) in [5.74, 6) is 2.10. The first-order valence-corrected chi connectivity index (χ1v) is 11.6. The largest absolute Gasteiger partial charge is 0.489 e. The number of benzene rings is 3. The summed E-state index contributed by atoms with van der Waals surface area (Å²) in [5.41, 5.74) is 4.15. The highest BCUT2D eigenvalue weighted by molar-refractivity contribution is 9.10. The highest BCUT2D eigenvalue weighted by atomic mass is 79.9. The molecule has 5 nitrogen and oxygen atoms in total. The van der Waals surface area contributed by atoms with Crippen LogP contribution in [-0.4, -0.2) is 12.6 Å². The van der Waals surface area contributed by atoms with Gasteiger partial charge >= 0.3 is 0 Å². The van der Waals surface area contributed by atoms with Gasteiger partial charge in [0.1, 0.15) is 23.9 Å². The Morgan fingerprint density at radius 1 is 1.09 bits per heavy atom. The highest BCUT2D eigenvalue weighted by Crippen LogP contribution is 2.38. The van der Waals surface area contributed by atoms with Gasteiger partial charge < -0.3 is 18.9 Å². The third-order valence-corrected chi connectivity index (χ3v) is 6.19. The van der Waals surface area contributed by atoms with Crippen molar-refractivity contribution in [3.63, 3.8) is 0 Å². The Morgan fingerprint density at radius 3 is 2.81 bits per heavy atom. The predicted molar refractivity (Wildman–Crippen MR) is 127 cm³/mol. The van der Waals surface area contributed by atoms with Gasteiger partial charge in [0.05, 0.1) is 12.2 Å². The van der Waals surface area contributed by atoms with Gasteiger partial charge in [0, 0.05) is 26.1 Å². The molecule has 0 aliphatic carbocycles. The van der Waals surface area contributed by atoms with Crippen LogP contribution in [0.25, 0.3) is 6.08 Å². The summed E-state index contributed by atoms with van der Waals surface area (Å²) < 4.78 is 24.9. The Kier molecular flexibility index (Phi) is 5.80. The highest BCUT2D eigenvalue weighted by Gasteiger charge is 2.30. The van der Waals surface area contributed by atoms with Crippen LogP contribution < -0.4 is 14.2 Å². The van der Waals surface area contributed by atoms with E-state index in [0.29, 0.717) is 36.0 Å². The van der Waals surface area contributed by atoms with E-state index in [1.54, 1.807) is 12.1 Å². The quantitative estimate of drug-likeness (QED) is 0.339. The number of rotatable bonds is 4. The van der Waals surface area contributed by atoms with Gasteiger partial charge in [-0.25, -0.2) is 0 Å². The molecule has 0 radical (unpaired) electrons. The van der Waals surface area contributed by atoms with Crippen LogP contribution in [0.4, 0.5) is 0 Å². The Morgan fingerprint density at radius 2 is 1.97 bits per heavy atom. The van der Waals surface area contributed by atoms with Crippen LogP contribution >= 0.6 is 31.9 Å². The fourth-order valence-corrected chi connectivity index (χ4v) is 4.80. The number of halogens is 2. The van der Waals surface area contributed by atoms with Gasteiger partial charge in [0.2, 0.25) is 5.78 Å². The molecule has 0 N–H and O–H groups in total. The topological polar surface area (TPSA) is 54.0 Å². The number of Topliss-reactive ketones (excluding diaryl/α,β-unsaturated/α-hetero) is 1. The Hall–Kier alpha value is -2.61. The van der Waals surface area contributed by atoms with E-state index in [4.69, 9.17) is 18.9 Å². The maximum absolute atomic E-state index is 12.9. The molecule has 0 spiro atoms. The summed E-state index contributed by atoms with van der Waals surface area (Å²) >= 11 is 6.98. The van der Waals surface area contributed by atoms with Gasteiger partial charge in [0.15, 0.2) is 12.6 Å². The molecule has 2 aliphatic heterocycles. The lowest BCUT2D eigenvalue weighted by Gasteiger charge is -2.21. The van der Waals surface area contributed by atoms with E-state index >= 15 is 0 Å². The molecule has 162 valence electrons. The number of hydrogen-bond acceptors (Lipinski definition) is 5. The number of hydrogen-bond donors (Lipinski definition) is 0. The molecule has 0 fully saturated rings. The van der Waals surface area contributed by atoms with Crippen molar-refractivity contribution < 1.29 is 23.7 Å². The van der Waals surface area contributed by atoms with E-state index in [-0.39, 0.29) is 12.6 Å². The Labute approximate surface area is 202 Å². The number of ketones is 1. The number of allylic oxidation sites excluding steroid dienone is 1. The van der Waals surface area contributed by atoms with Crippen molar-refractivity contribution in [1.82, 2.24) is 0 Å². The number of carbonyl (C=O) groups excluding carboxylic acids is 1. The lowest BCUT2D eigenvalue weighted by molar-refractivity contribution is -0.0176. The van der Waals surface area contributed by atoms with Crippen molar-refractivity contribution in [3.05, 3.63) is 91.1 Å². The minimum absolute atomic E-state index is 0.126. The Bertz CT molecular complexity index is 1270. The molecular weight excluding hydrogens is 540 g/mol. The molecule has 3 aromatic rings. The summed E-state index contributed by atoms with van der Waals surface area (Å²) in [5, 5.41) is 0. The van der Waals surface area contributed by atoms with Gasteiger partial charge in [-0.2, -0.15) is 0 Å². The van der Waals surface area contributed by atoms with E-state index in [9.17, 15) is 4.79 Å². The lowest BCUT2D eigenvalue weighted by atomic mass is 10.0. The van der Waals surface area contributed by atoms with Crippen LogP contribution in [0.15, 0.2) is 63.2 Å². The zero-order valence-electron chi connectivity index (χ0n) is 17.1. The zero-order chi connectivity index (χ0) is 22.2. The first-order valence-electron chi connectivity index (χ1n) is 9.97. The van der Waals surface area contributed by atoms with Crippen LogP contribution in [0, 0.1) is 6.92 Å². The lowest BCUT2D eigenvalue weighted by Crippen LogP contribution is -2.14. The molecule has 0 bridgehead atoms. The van der Waals surface area contributed by atoms with Crippen LogP contribution in [0.5, 0.6) is 17.2 Å². The van der Waals surface area contributed by atoms with Gasteiger partial charge in [-0.15, -0.1) is 0 Å². The minimum atomic E-state index is -0.126. The number of carbonyl (C=O) groups is 1. The number of ether oxygens (including phenoxy) is 4. The van der Waals surface area contributed by atoms with Gasteiger partial charge in [-0.1, -0.05) is 44.0 Å². The average molecular weight is 558 g/mol. The summed E-state index contributed by atoms with van der Waals surface area (Å²) in [7, 11) is 0. The molecule has 0 unspecified atom stereocenters. The van der Waals surface area contributed by atoms with Crippen molar-refractivity contribution in [2.45, 2.75) is 20.1 Å². The molecule has 3 aromatic carbocycles. The molecule has 0 saturated carbocycles. The summed E-state index contributed by atoms with van der Waals surface area (Å²) in [6.07, 6.45) is 1.75. The number of fused-ring (bicyclic) bond motifs is 2. The molecule has 0 saturated heterocycles. The first-order chi connectivity index (χ1) is 15.5. The van der Waals surface area contributed by atoms with Crippen LogP contribution in [-0.2, 0) is 18.0 Å². The standard InChI is InChI=1S/C25H18Br2O5/c1-14-5-20(30-12-17-9-19(27)8-16-11-29-13-31-25(16)17)10-21-23(14)24(28)22(32-21)7-15-3-2-4-18(26)6-15/h2-10H,11-13H2,1H3/b22-7-. The fraction of sp³-hybridized carbons (Fsp3) is 0.160. The summed E-state index contributed by atoms with van der Waals surface area (Å²) in [6, 6.07) is 15.3. The van der Waals surface area contributed by atoms with Crippen molar-refractivity contribution in [1.29, 1.82) is 0 Å². The molecule has 0 amide bonds. The predicted octanol–water partition coefficient (Wildman–Crippen LogP) is 6.58. The molecule has 0 aromatic heterocycles. The fourth-order valence-electron chi connectivity index (χ4n) is 3.83. The van der Waals surface area contributed by atoms with Crippen LogP contribution in [0.2, 0.25) is 0 Å². The monoisotopic (exact) mass is 556 g/mol. The van der Waals surface area contributed by atoms with E-state index in [0.717, 1.165) is 36.9 Å². The third-order valence-electron chi connectivity index (χ3n) is 5.24. The second-order valence-electron chi connectivity index (χ2n) is 7.56. The van der Waals surface area contributed by atoms with Crippen LogP contribution in [0.3, 0.4) is 0 Å². The van der Waals surface area contributed by atoms with Gasteiger partial charge in [-0.3, -0.25) is 4.79 Å². The van der Waals surface area contributed by atoms with Crippen molar-refractivity contribution >= 4 is 43.7 Å². The molecular formula is C25H18Br2O5. The first kappa shape index (κ1) is 21.2. The smallest absolute Gasteiger partial charge is 0.232 e. The third kappa shape index (κ3) is 4.20. The Balaban J connectivity index is 1.39. The molecule has 0 atom stereocenters. The SMILES string of the molecule is Cc1cc(OCc2cc(Br)cc3c2OCOC3)cc2c1C(=O)/C(=C/c1cccc(Br)c1)O2. The van der Waals surface area contributed by atoms with E-state index in [1.165, 1.54) is 0 Å². The normalized spacial score (nSPS) is 15.7. The molecule has 2 heterocycles. The van der Waals surface area contributed by atoms with Gasteiger partial charge in [-0.05, 0) is 54.5 Å². The molecule has 5 rings (SSSR count). The molecule has 7 heteroatoms. The maximum Gasteiger partial charge on any atom is 0.232 e. The van der Waals surface area contributed by atoms with E-state index < -0.39 is 0 Å². The van der Waals surface area contributed by atoms with Crippen LogP contribution in [0.1, 0.15) is 32.6 Å². The minimum Gasteiger partial charge on any atom is -0.489 e. The molecule has 2 aliphatic rings.